The van der Waals surface area contributed by atoms with Gasteiger partial charge < -0.3 is 10.0 Å². The minimum absolute atomic E-state index is 0.499. The van der Waals surface area contributed by atoms with E-state index < -0.39 is 18.1 Å². The van der Waals surface area contributed by atoms with E-state index in [2.05, 4.69) is 10.0 Å². The highest BCUT2D eigenvalue weighted by Crippen LogP contribution is 2.26. The molecule has 6 nitrogen and oxygen atoms in total. The van der Waals surface area contributed by atoms with Crippen molar-refractivity contribution in [2.45, 2.75) is 12.1 Å². The van der Waals surface area contributed by atoms with Crippen LogP contribution in [0.3, 0.4) is 0 Å². The van der Waals surface area contributed by atoms with Crippen molar-refractivity contribution < 1.29 is 9.90 Å². The predicted molar refractivity (Wildman–Crippen MR) is 80.5 cm³/mol. The summed E-state index contributed by atoms with van der Waals surface area (Å²) in [6.07, 6.45) is -1.41. The maximum absolute atomic E-state index is 11.9. The van der Waals surface area contributed by atoms with Crippen molar-refractivity contribution in [2.24, 2.45) is 5.11 Å². The number of carbonyl (C=O) groups is 1. The van der Waals surface area contributed by atoms with Gasteiger partial charge in [0.15, 0.2) is 0 Å². The van der Waals surface area contributed by atoms with E-state index in [0.717, 1.165) is 10.8 Å². The second kappa shape index (κ2) is 6.26. The lowest BCUT2D eigenvalue weighted by Crippen LogP contribution is -2.37. The molecular formula is C15H16N4O2. The first-order valence-corrected chi connectivity index (χ1v) is 6.46. The number of hydrogen-bond donors (Lipinski definition) is 1. The molecule has 0 saturated heterocycles. The molecule has 0 fully saturated rings. The second-order valence-corrected chi connectivity index (χ2v) is 4.93. The Morgan fingerprint density at radius 1 is 1.24 bits per heavy atom. The van der Waals surface area contributed by atoms with E-state index >= 15 is 0 Å². The standard InChI is InChI=1S/C15H16N4O2/c1-19(2)15(21)14(20)13(17-18-16)12-8-7-10-5-3-4-6-11(10)9-12/h3-9,13-14,20H,1-2H3/t13-,14-/m1/s1. The molecule has 0 aliphatic heterocycles. The summed E-state index contributed by atoms with van der Waals surface area (Å²) < 4.78 is 0. The third kappa shape index (κ3) is 3.13. The molecule has 0 aliphatic carbocycles. The number of fused-ring (bicyclic) bond motifs is 1. The first kappa shape index (κ1) is 14.8. The third-order valence-corrected chi connectivity index (χ3v) is 3.28. The van der Waals surface area contributed by atoms with Crippen LogP contribution in [0, 0.1) is 0 Å². The molecule has 0 aromatic heterocycles. The van der Waals surface area contributed by atoms with Gasteiger partial charge in [-0.05, 0) is 21.9 Å². The van der Waals surface area contributed by atoms with Crippen LogP contribution in [0.4, 0.5) is 0 Å². The molecule has 0 spiro atoms. The van der Waals surface area contributed by atoms with Gasteiger partial charge >= 0.3 is 0 Å². The molecule has 0 aliphatic rings. The smallest absolute Gasteiger partial charge is 0.251 e. The zero-order valence-electron chi connectivity index (χ0n) is 11.8. The van der Waals surface area contributed by atoms with Gasteiger partial charge in [0.05, 0.1) is 6.04 Å². The van der Waals surface area contributed by atoms with Gasteiger partial charge in [0.25, 0.3) is 5.91 Å². The van der Waals surface area contributed by atoms with E-state index in [-0.39, 0.29) is 0 Å². The Balaban J connectivity index is 2.45. The molecule has 0 heterocycles. The van der Waals surface area contributed by atoms with Crippen molar-refractivity contribution in [2.75, 3.05) is 14.1 Å². The summed E-state index contributed by atoms with van der Waals surface area (Å²) in [6.45, 7) is 0. The molecule has 0 unspecified atom stereocenters. The Kier molecular flexibility index (Phi) is 4.42. The van der Waals surface area contributed by atoms with Crippen molar-refractivity contribution in [3.05, 3.63) is 58.5 Å². The molecule has 0 radical (unpaired) electrons. The molecule has 0 saturated carbocycles. The van der Waals surface area contributed by atoms with Crippen molar-refractivity contribution in [1.29, 1.82) is 0 Å². The zero-order valence-corrected chi connectivity index (χ0v) is 11.8. The van der Waals surface area contributed by atoms with Crippen molar-refractivity contribution in [3.8, 4) is 0 Å². The van der Waals surface area contributed by atoms with Crippen molar-refractivity contribution >= 4 is 16.7 Å². The van der Waals surface area contributed by atoms with E-state index in [0.29, 0.717) is 5.56 Å². The lowest BCUT2D eigenvalue weighted by Gasteiger charge is -2.21. The van der Waals surface area contributed by atoms with Crippen LogP contribution in [0.5, 0.6) is 0 Å². The second-order valence-electron chi connectivity index (χ2n) is 4.93. The fraction of sp³-hybridized carbons (Fsp3) is 0.267. The van der Waals surface area contributed by atoms with Gasteiger partial charge in [0, 0.05) is 19.0 Å². The molecule has 108 valence electrons. The maximum atomic E-state index is 11.9. The van der Waals surface area contributed by atoms with E-state index in [9.17, 15) is 9.90 Å². The summed E-state index contributed by atoms with van der Waals surface area (Å²) in [7, 11) is 3.08. The summed E-state index contributed by atoms with van der Waals surface area (Å²) in [4.78, 5) is 15.9. The van der Waals surface area contributed by atoms with Crippen LogP contribution in [-0.4, -0.2) is 36.1 Å². The number of nitrogens with zero attached hydrogens (tertiary/aromatic N) is 4. The number of likely N-dealkylation sites (N-methyl/N-ethyl adjacent to an activating group) is 1. The van der Waals surface area contributed by atoms with Gasteiger partial charge in [0.2, 0.25) is 0 Å². The summed E-state index contributed by atoms with van der Waals surface area (Å²) >= 11 is 0. The topological polar surface area (TPSA) is 89.3 Å². The van der Waals surface area contributed by atoms with Gasteiger partial charge in [-0.25, -0.2) is 0 Å². The highest BCUT2D eigenvalue weighted by atomic mass is 16.3. The molecule has 21 heavy (non-hydrogen) atoms. The van der Waals surface area contributed by atoms with Crippen molar-refractivity contribution in [1.82, 2.24) is 4.90 Å². The molecule has 1 amide bonds. The lowest BCUT2D eigenvalue weighted by molar-refractivity contribution is -0.138. The van der Waals surface area contributed by atoms with E-state index in [1.54, 1.807) is 20.2 Å². The van der Waals surface area contributed by atoms with Gasteiger partial charge in [0.1, 0.15) is 6.10 Å². The number of aliphatic hydroxyl groups excluding tert-OH is 1. The number of rotatable bonds is 4. The van der Waals surface area contributed by atoms with Crippen LogP contribution in [0.1, 0.15) is 11.6 Å². The van der Waals surface area contributed by atoms with Crippen LogP contribution in [0.2, 0.25) is 0 Å². The quantitative estimate of drug-likeness (QED) is 0.531. The normalized spacial score (nSPS) is 13.3. The summed E-state index contributed by atoms with van der Waals surface area (Å²) in [6, 6.07) is 12.2. The van der Waals surface area contributed by atoms with Gasteiger partial charge in [-0.1, -0.05) is 47.6 Å². The molecule has 2 atom stereocenters. The highest BCUT2D eigenvalue weighted by molar-refractivity contribution is 5.84. The fourth-order valence-electron chi connectivity index (χ4n) is 2.16. The number of benzene rings is 2. The minimum Gasteiger partial charge on any atom is -0.382 e. The monoisotopic (exact) mass is 284 g/mol. The Hall–Kier alpha value is -2.56. The first-order chi connectivity index (χ1) is 10.0. The largest absolute Gasteiger partial charge is 0.382 e. The zero-order chi connectivity index (χ0) is 15.4. The van der Waals surface area contributed by atoms with Crippen LogP contribution >= 0.6 is 0 Å². The predicted octanol–water partition coefficient (Wildman–Crippen LogP) is 2.64. The minimum atomic E-state index is -1.41. The first-order valence-electron chi connectivity index (χ1n) is 6.46. The number of carbonyl (C=O) groups excluding carboxylic acids is 1. The Bertz CT molecular complexity index is 708. The van der Waals surface area contributed by atoms with E-state index in [4.69, 9.17) is 5.53 Å². The van der Waals surface area contributed by atoms with Crippen LogP contribution < -0.4 is 0 Å². The van der Waals surface area contributed by atoms with Gasteiger partial charge in [-0.3, -0.25) is 4.79 Å². The average molecular weight is 284 g/mol. The number of aliphatic hydroxyl groups is 1. The molecule has 6 heteroatoms. The summed E-state index contributed by atoms with van der Waals surface area (Å²) in [5, 5.41) is 15.7. The average Bonchev–Trinajstić information content (AvgIpc) is 2.50. The highest BCUT2D eigenvalue weighted by Gasteiger charge is 2.28. The molecule has 2 rings (SSSR count). The number of azide groups is 1. The summed E-state index contributed by atoms with van der Waals surface area (Å²) in [5.74, 6) is -0.499. The Labute approximate surface area is 122 Å². The fourth-order valence-corrected chi connectivity index (χ4v) is 2.16. The molecule has 0 bridgehead atoms. The summed E-state index contributed by atoms with van der Waals surface area (Å²) in [5.41, 5.74) is 9.31. The number of amides is 1. The van der Waals surface area contributed by atoms with E-state index in [1.165, 1.54) is 4.90 Å². The Morgan fingerprint density at radius 3 is 2.52 bits per heavy atom. The van der Waals surface area contributed by atoms with Crippen LogP contribution in [0.15, 0.2) is 47.6 Å². The van der Waals surface area contributed by atoms with Crippen LogP contribution in [0.25, 0.3) is 21.2 Å². The third-order valence-electron chi connectivity index (χ3n) is 3.28. The van der Waals surface area contributed by atoms with Gasteiger partial charge in [-0.15, -0.1) is 0 Å². The SMILES string of the molecule is CN(C)C(=O)[C@H](O)[C@H](N=[N+]=[N-])c1ccc2ccccc2c1. The van der Waals surface area contributed by atoms with Crippen molar-refractivity contribution in [3.63, 3.8) is 0 Å². The maximum Gasteiger partial charge on any atom is 0.251 e. The molecular weight excluding hydrogens is 268 g/mol. The molecule has 2 aromatic carbocycles. The van der Waals surface area contributed by atoms with Gasteiger partial charge in [-0.2, -0.15) is 0 Å². The lowest BCUT2D eigenvalue weighted by atomic mass is 9.98. The number of hydrogen-bond acceptors (Lipinski definition) is 3. The Morgan fingerprint density at radius 2 is 1.90 bits per heavy atom. The van der Waals surface area contributed by atoms with E-state index in [1.807, 2.05) is 36.4 Å². The van der Waals surface area contributed by atoms with Crippen LogP contribution in [-0.2, 0) is 4.79 Å². The molecule has 2 aromatic rings. The molecule has 1 N–H and O–H groups in total.